The van der Waals surface area contributed by atoms with Crippen LogP contribution in [0.3, 0.4) is 0 Å². The Balaban J connectivity index is 1.50. The van der Waals surface area contributed by atoms with Crippen molar-refractivity contribution in [2.75, 3.05) is 20.1 Å². The highest BCUT2D eigenvalue weighted by molar-refractivity contribution is 5.88. The number of ether oxygens (including phenoxy) is 1. The third kappa shape index (κ3) is 4.68. The zero-order valence-corrected chi connectivity index (χ0v) is 19.0. The van der Waals surface area contributed by atoms with E-state index in [0.29, 0.717) is 23.1 Å². The predicted molar refractivity (Wildman–Crippen MR) is 130 cm³/mol. The second-order valence-electron chi connectivity index (χ2n) is 8.90. The first kappa shape index (κ1) is 22.2. The number of piperidine rings is 1. The molecule has 2 heterocycles. The van der Waals surface area contributed by atoms with Gasteiger partial charge in [0.15, 0.2) is 0 Å². The van der Waals surface area contributed by atoms with Gasteiger partial charge >= 0.3 is 5.63 Å². The van der Waals surface area contributed by atoms with E-state index in [2.05, 4.69) is 11.9 Å². The number of hydrogen-bond donors (Lipinski definition) is 1. The summed E-state index contributed by atoms with van der Waals surface area (Å²) in [5, 5.41) is 10.6. The molecular weight excluding hydrogens is 433 g/mol. The molecule has 5 nitrogen and oxygen atoms in total. The Bertz CT molecular complexity index is 1360. The van der Waals surface area contributed by atoms with E-state index in [1.807, 2.05) is 24.3 Å². The number of nitrogens with zero attached hydrogens (tertiary/aromatic N) is 1. The quantitative estimate of drug-likeness (QED) is 0.407. The Kier molecular flexibility index (Phi) is 6.07. The van der Waals surface area contributed by atoms with Gasteiger partial charge in [-0.3, -0.25) is 0 Å². The van der Waals surface area contributed by atoms with Crippen molar-refractivity contribution in [1.82, 2.24) is 4.90 Å². The van der Waals surface area contributed by atoms with Crippen LogP contribution in [0.4, 0.5) is 4.39 Å². The standard InChI is InChI=1S/C28H26FNO4/c1-30-14-2-3-23(17-30)33-22-11-4-18(5-12-22)15-25-24-13-10-21(31)16-26(24)34-28(32)27(25)19-6-8-20(29)9-7-19/h4-13,16,23,31H,2-3,14-15,17H2,1H3. The highest BCUT2D eigenvalue weighted by Crippen LogP contribution is 2.32. The number of phenolic OH excluding ortho intramolecular Hbond substituents is 1. The molecule has 1 fully saturated rings. The fraction of sp³-hybridized carbons (Fsp3) is 0.250. The Morgan fingerprint density at radius 2 is 1.85 bits per heavy atom. The lowest BCUT2D eigenvalue weighted by Crippen LogP contribution is -2.38. The van der Waals surface area contributed by atoms with Crippen LogP contribution in [0, 0.1) is 5.82 Å². The van der Waals surface area contributed by atoms with Crippen molar-refractivity contribution < 1.29 is 18.7 Å². The molecule has 1 atom stereocenters. The minimum absolute atomic E-state index is 0.0194. The summed E-state index contributed by atoms with van der Waals surface area (Å²) in [5.41, 5.74) is 2.52. The predicted octanol–water partition coefficient (Wildman–Crippen LogP) is 5.37. The molecular formula is C28H26FNO4. The van der Waals surface area contributed by atoms with Crippen LogP contribution < -0.4 is 10.4 Å². The molecule has 0 bridgehead atoms. The van der Waals surface area contributed by atoms with Crippen LogP contribution >= 0.6 is 0 Å². The van der Waals surface area contributed by atoms with Crippen molar-refractivity contribution in [1.29, 1.82) is 0 Å². The molecule has 1 aliphatic rings. The van der Waals surface area contributed by atoms with Gasteiger partial charge < -0.3 is 19.2 Å². The Morgan fingerprint density at radius 3 is 2.59 bits per heavy atom. The first-order chi connectivity index (χ1) is 16.5. The lowest BCUT2D eigenvalue weighted by atomic mass is 9.93. The van der Waals surface area contributed by atoms with E-state index in [-0.39, 0.29) is 17.7 Å². The van der Waals surface area contributed by atoms with Gasteiger partial charge in [-0.1, -0.05) is 24.3 Å². The molecule has 3 aromatic carbocycles. The summed E-state index contributed by atoms with van der Waals surface area (Å²) in [6.45, 7) is 2.02. The highest BCUT2D eigenvalue weighted by Gasteiger charge is 2.20. The number of halogens is 1. The van der Waals surface area contributed by atoms with E-state index in [1.165, 1.54) is 18.2 Å². The number of fused-ring (bicyclic) bond motifs is 1. The summed E-state index contributed by atoms with van der Waals surface area (Å²) in [4.78, 5) is 15.3. The van der Waals surface area contributed by atoms with Gasteiger partial charge in [0, 0.05) is 18.0 Å². The van der Waals surface area contributed by atoms with Crippen molar-refractivity contribution in [2.24, 2.45) is 0 Å². The Morgan fingerprint density at radius 1 is 1.09 bits per heavy atom. The van der Waals surface area contributed by atoms with E-state index in [0.717, 1.165) is 48.2 Å². The van der Waals surface area contributed by atoms with Crippen molar-refractivity contribution in [3.63, 3.8) is 0 Å². The number of rotatable bonds is 5. The van der Waals surface area contributed by atoms with Crippen molar-refractivity contribution in [3.8, 4) is 22.6 Å². The molecule has 1 saturated heterocycles. The minimum Gasteiger partial charge on any atom is -0.508 e. The van der Waals surface area contributed by atoms with Crippen LogP contribution in [0.5, 0.6) is 11.5 Å². The van der Waals surface area contributed by atoms with Gasteiger partial charge in [0.05, 0.1) is 5.56 Å². The number of aromatic hydroxyl groups is 1. The summed E-state index contributed by atoms with van der Waals surface area (Å²) in [5.74, 6) is 0.469. The summed E-state index contributed by atoms with van der Waals surface area (Å²) >= 11 is 0. The maximum Gasteiger partial charge on any atom is 0.344 e. The Labute approximate surface area is 197 Å². The molecule has 4 aromatic rings. The molecule has 1 unspecified atom stereocenters. The molecule has 174 valence electrons. The van der Waals surface area contributed by atoms with E-state index in [4.69, 9.17) is 9.15 Å². The third-order valence-electron chi connectivity index (χ3n) is 6.32. The second kappa shape index (κ2) is 9.31. The van der Waals surface area contributed by atoms with Crippen LogP contribution in [0.1, 0.15) is 24.0 Å². The average Bonchev–Trinajstić information content (AvgIpc) is 2.81. The van der Waals surface area contributed by atoms with Crippen LogP contribution in [0.25, 0.3) is 22.1 Å². The highest BCUT2D eigenvalue weighted by atomic mass is 19.1. The van der Waals surface area contributed by atoms with E-state index >= 15 is 0 Å². The number of benzene rings is 3. The second-order valence-corrected chi connectivity index (χ2v) is 8.90. The lowest BCUT2D eigenvalue weighted by Gasteiger charge is -2.30. The molecule has 0 saturated carbocycles. The smallest absolute Gasteiger partial charge is 0.344 e. The van der Waals surface area contributed by atoms with Gasteiger partial charge in [0.2, 0.25) is 0 Å². The summed E-state index contributed by atoms with van der Waals surface area (Å²) in [6, 6.07) is 18.5. The van der Waals surface area contributed by atoms with Crippen molar-refractivity contribution >= 4 is 11.0 Å². The van der Waals surface area contributed by atoms with Gasteiger partial charge in [-0.25, -0.2) is 9.18 Å². The number of phenols is 1. The largest absolute Gasteiger partial charge is 0.508 e. The number of likely N-dealkylation sites (N-methyl/N-ethyl adjacent to an activating group) is 1. The fourth-order valence-corrected chi connectivity index (χ4v) is 4.64. The fourth-order valence-electron chi connectivity index (χ4n) is 4.64. The minimum atomic E-state index is -0.527. The van der Waals surface area contributed by atoms with E-state index in [1.54, 1.807) is 24.3 Å². The van der Waals surface area contributed by atoms with Crippen molar-refractivity contribution in [3.05, 3.63) is 94.1 Å². The summed E-state index contributed by atoms with van der Waals surface area (Å²) in [7, 11) is 2.11. The zero-order valence-electron chi connectivity index (χ0n) is 19.0. The van der Waals surface area contributed by atoms with Gasteiger partial charge in [-0.05, 0) is 85.9 Å². The van der Waals surface area contributed by atoms with Gasteiger partial charge in [-0.15, -0.1) is 0 Å². The summed E-state index contributed by atoms with van der Waals surface area (Å²) < 4.78 is 25.2. The first-order valence-corrected chi connectivity index (χ1v) is 11.4. The zero-order chi connectivity index (χ0) is 23.7. The maximum atomic E-state index is 13.5. The number of likely N-dealkylation sites (tertiary alicyclic amines) is 1. The van der Waals surface area contributed by atoms with Crippen LogP contribution in [-0.2, 0) is 6.42 Å². The van der Waals surface area contributed by atoms with Gasteiger partial charge in [0.25, 0.3) is 0 Å². The molecule has 1 aliphatic heterocycles. The van der Waals surface area contributed by atoms with Crippen LogP contribution in [-0.4, -0.2) is 36.2 Å². The Hall–Kier alpha value is -3.64. The first-order valence-electron chi connectivity index (χ1n) is 11.4. The molecule has 5 rings (SSSR count). The van der Waals surface area contributed by atoms with Crippen LogP contribution in [0.15, 0.2) is 75.9 Å². The number of hydrogen-bond acceptors (Lipinski definition) is 5. The summed E-state index contributed by atoms with van der Waals surface area (Å²) in [6.07, 6.45) is 2.83. The monoisotopic (exact) mass is 459 g/mol. The van der Waals surface area contributed by atoms with Crippen molar-refractivity contribution in [2.45, 2.75) is 25.4 Å². The molecule has 6 heteroatoms. The molecule has 1 aromatic heterocycles. The topological polar surface area (TPSA) is 62.9 Å². The SMILES string of the molecule is CN1CCCC(Oc2ccc(Cc3c(-c4ccc(F)cc4)c(=O)oc4cc(O)ccc34)cc2)C1. The lowest BCUT2D eigenvalue weighted by molar-refractivity contribution is 0.104. The molecule has 0 radical (unpaired) electrons. The average molecular weight is 460 g/mol. The molecule has 0 amide bonds. The molecule has 1 N–H and O–H groups in total. The maximum absolute atomic E-state index is 13.5. The van der Waals surface area contributed by atoms with E-state index < -0.39 is 5.63 Å². The van der Waals surface area contributed by atoms with Crippen LogP contribution in [0.2, 0.25) is 0 Å². The van der Waals surface area contributed by atoms with E-state index in [9.17, 15) is 14.3 Å². The normalized spacial score (nSPS) is 16.6. The molecule has 0 aliphatic carbocycles. The van der Waals surface area contributed by atoms with Gasteiger partial charge in [-0.2, -0.15) is 0 Å². The molecule has 34 heavy (non-hydrogen) atoms. The third-order valence-corrected chi connectivity index (χ3v) is 6.32. The molecule has 0 spiro atoms. The van der Waals surface area contributed by atoms with Gasteiger partial charge in [0.1, 0.15) is 29.0 Å².